The van der Waals surface area contributed by atoms with Crippen molar-refractivity contribution in [1.29, 1.82) is 0 Å². The van der Waals surface area contributed by atoms with Crippen LogP contribution in [0.2, 0.25) is 0 Å². The van der Waals surface area contributed by atoms with E-state index >= 15 is 0 Å². The lowest BCUT2D eigenvalue weighted by Gasteiger charge is -2.18. The fraction of sp³-hybridized carbons (Fsp3) is 0.316. The predicted molar refractivity (Wildman–Crippen MR) is 91.0 cm³/mol. The van der Waals surface area contributed by atoms with E-state index in [4.69, 9.17) is 4.74 Å². The molecule has 2 rings (SSSR count). The monoisotopic (exact) mass is 349 g/mol. The number of benzene rings is 2. The molecule has 0 aliphatic rings. The number of likely N-dealkylation sites (N-methyl/N-ethyl adjacent to an activating group) is 1. The molecule has 0 bridgehead atoms. The van der Waals surface area contributed by atoms with Crippen molar-refractivity contribution < 1.29 is 23.0 Å². The van der Waals surface area contributed by atoms with E-state index in [2.05, 4.69) is 4.74 Å². The lowest BCUT2D eigenvalue weighted by molar-refractivity contribution is -0.132. The quantitative estimate of drug-likeness (QED) is 0.760. The number of amides is 1. The number of nitrogens with zero attached hydrogens (tertiary/aromatic N) is 1. The second-order valence-corrected chi connectivity index (χ2v) is 5.83. The second-order valence-electron chi connectivity index (χ2n) is 5.83. The average Bonchev–Trinajstić information content (AvgIpc) is 2.55. The number of alkyl halides is 2. The van der Waals surface area contributed by atoms with Gasteiger partial charge in [0.25, 0.3) is 5.91 Å². The summed E-state index contributed by atoms with van der Waals surface area (Å²) in [6.07, 6.45) is 0. The minimum atomic E-state index is -2.85. The van der Waals surface area contributed by atoms with Gasteiger partial charge in [-0.15, -0.1) is 0 Å². The third-order valence-electron chi connectivity index (χ3n) is 3.68. The molecule has 1 amide bonds. The number of ether oxygens (including phenoxy) is 2. The van der Waals surface area contributed by atoms with Gasteiger partial charge in [-0.25, -0.2) is 0 Å². The van der Waals surface area contributed by atoms with Gasteiger partial charge in [-0.05, 0) is 43.2 Å². The maximum atomic E-state index is 12.2. The van der Waals surface area contributed by atoms with Crippen molar-refractivity contribution in [3.8, 4) is 11.5 Å². The smallest absolute Gasteiger partial charge is 0.387 e. The molecule has 0 aliphatic heterocycles. The zero-order valence-corrected chi connectivity index (χ0v) is 14.5. The van der Waals surface area contributed by atoms with E-state index in [1.807, 2.05) is 32.0 Å². The topological polar surface area (TPSA) is 38.8 Å². The Morgan fingerprint density at radius 3 is 2.40 bits per heavy atom. The summed E-state index contributed by atoms with van der Waals surface area (Å²) in [6, 6.07) is 12.0. The number of hydrogen-bond acceptors (Lipinski definition) is 3. The van der Waals surface area contributed by atoms with Crippen LogP contribution in [0.1, 0.15) is 16.7 Å². The number of carbonyl (C=O) groups excluding carboxylic acids is 1. The van der Waals surface area contributed by atoms with Crippen LogP contribution in [0.15, 0.2) is 42.5 Å². The Balaban J connectivity index is 1.87. The Morgan fingerprint density at radius 1 is 1.12 bits per heavy atom. The third kappa shape index (κ3) is 5.74. The van der Waals surface area contributed by atoms with Crippen LogP contribution in [0.25, 0.3) is 0 Å². The van der Waals surface area contributed by atoms with Crippen LogP contribution in [-0.2, 0) is 11.3 Å². The van der Waals surface area contributed by atoms with Crippen molar-refractivity contribution in [2.45, 2.75) is 27.0 Å². The molecule has 0 N–H and O–H groups in total. The second kappa shape index (κ2) is 8.46. The summed E-state index contributed by atoms with van der Waals surface area (Å²) in [4.78, 5) is 13.7. The molecule has 0 aliphatic carbocycles. The highest BCUT2D eigenvalue weighted by molar-refractivity contribution is 5.77. The molecule has 0 saturated carbocycles. The van der Waals surface area contributed by atoms with Crippen LogP contribution in [0, 0.1) is 13.8 Å². The Hall–Kier alpha value is -2.63. The highest BCUT2D eigenvalue weighted by atomic mass is 19.3. The van der Waals surface area contributed by atoms with E-state index < -0.39 is 6.61 Å². The van der Waals surface area contributed by atoms with Crippen molar-refractivity contribution in [2.24, 2.45) is 0 Å². The first-order chi connectivity index (χ1) is 11.8. The Bertz CT molecular complexity index is 717. The van der Waals surface area contributed by atoms with Crippen molar-refractivity contribution in [3.63, 3.8) is 0 Å². The molecular weight excluding hydrogens is 328 g/mol. The first kappa shape index (κ1) is 18.7. The molecule has 2 aromatic rings. The van der Waals surface area contributed by atoms with Crippen molar-refractivity contribution in [2.75, 3.05) is 13.7 Å². The van der Waals surface area contributed by atoms with Gasteiger partial charge in [-0.3, -0.25) is 4.79 Å². The molecule has 4 nitrogen and oxygen atoms in total. The molecule has 0 aromatic heterocycles. The third-order valence-corrected chi connectivity index (χ3v) is 3.68. The molecule has 0 fully saturated rings. The highest BCUT2D eigenvalue weighted by Gasteiger charge is 2.12. The van der Waals surface area contributed by atoms with Gasteiger partial charge in [0.05, 0.1) is 0 Å². The number of aryl methyl sites for hydroxylation is 2. The molecule has 2 aromatic carbocycles. The molecule has 25 heavy (non-hydrogen) atoms. The molecule has 0 unspecified atom stereocenters. The summed E-state index contributed by atoms with van der Waals surface area (Å²) in [6.45, 7) is 1.36. The summed E-state index contributed by atoms with van der Waals surface area (Å²) >= 11 is 0. The van der Waals surface area contributed by atoms with Gasteiger partial charge >= 0.3 is 6.61 Å². The number of halogens is 2. The van der Waals surface area contributed by atoms with Crippen LogP contribution >= 0.6 is 0 Å². The standard InChI is InChI=1S/C19H21F2NO3/c1-13-4-9-17(14(2)10-13)24-12-18(23)22(3)11-15-5-7-16(8-6-15)25-19(20)21/h4-10,19H,11-12H2,1-3H3. The van der Waals surface area contributed by atoms with Crippen LogP contribution < -0.4 is 9.47 Å². The maximum Gasteiger partial charge on any atom is 0.387 e. The zero-order valence-electron chi connectivity index (χ0n) is 14.5. The molecular formula is C19H21F2NO3. The summed E-state index contributed by atoms with van der Waals surface area (Å²) in [7, 11) is 1.66. The molecule has 0 atom stereocenters. The van der Waals surface area contributed by atoms with Gasteiger partial charge in [-0.2, -0.15) is 8.78 Å². The first-order valence-corrected chi connectivity index (χ1v) is 7.83. The van der Waals surface area contributed by atoms with Gasteiger partial charge in [-0.1, -0.05) is 29.8 Å². The van der Waals surface area contributed by atoms with Gasteiger partial charge in [0.2, 0.25) is 0 Å². The van der Waals surface area contributed by atoms with E-state index in [0.717, 1.165) is 16.7 Å². The highest BCUT2D eigenvalue weighted by Crippen LogP contribution is 2.19. The number of carbonyl (C=O) groups is 1. The SMILES string of the molecule is Cc1ccc(OCC(=O)N(C)Cc2ccc(OC(F)F)cc2)c(C)c1. The summed E-state index contributed by atoms with van der Waals surface area (Å²) in [5.74, 6) is 0.597. The lowest BCUT2D eigenvalue weighted by Crippen LogP contribution is -2.31. The van der Waals surface area contributed by atoms with Crippen LogP contribution in [0.5, 0.6) is 11.5 Å². The van der Waals surface area contributed by atoms with Gasteiger partial charge in [0.1, 0.15) is 11.5 Å². The average molecular weight is 349 g/mol. The van der Waals surface area contributed by atoms with Gasteiger partial charge < -0.3 is 14.4 Å². The predicted octanol–water partition coefficient (Wildman–Crippen LogP) is 3.94. The van der Waals surface area contributed by atoms with Crippen molar-refractivity contribution >= 4 is 5.91 Å². The molecule has 0 spiro atoms. The minimum Gasteiger partial charge on any atom is -0.484 e. The van der Waals surface area contributed by atoms with E-state index in [9.17, 15) is 13.6 Å². The summed E-state index contributed by atoms with van der Waals surface area (Å²) in [5.41, 5.74) is 2.92. The number of rotatable bonds is 7. The van der Waals surface area contributed by atoms with E-state index in [1.165, 1.54) is 17.0 Å². The van der Waals surface area contributed by atoms with Gasteiger partial charge in [0.15, 0.2) is 6.61 Å². The molecule has 6 heteroatoms. The Kier molecular flexibility index (Phi) is 6.33. The fourth-order valence-corrected chi connectivity index (χ4v) is 2.35. The Labute approximate surface area is 146 Å². The van der Waals surface area contributed by atoms with E-state index in [-0.39, 0.29) is 18.3 Å². The van der Waals surface area contributed by atoms with Crippen molar-refractivity contribution in [1.82, 2.24) is 4.90 Å². The lowest BCUT2D eigenvalue weighted by atomic mass is 10.1. The molecule has 0 saturated heterocycles. The maximum absolute atomic E-state index is 12.2. The largest absolute Gasteiger partial charge is 0.484 e. The normalized spacial score (nSPS) is 10.6. The fourth-order valence-electron chi connectivity index (χ4n) is 2.35. The first-order valence-electron chi connectivity index (χ1n) is 7.83. The molecule has 0 heterocycles. The van der Waals surface area contributed by atoms with Gasteiger partial charge in [0, 0.05) is 13.6 Å². The minimum absolute atomic E-state index is 0.0625. The van der Waals surface area contributed by atoms with Crippen molar-refractivity contribution in [3.05, 3.63) is 59.2 Å². The van der Waals surface area contributed by atoms with Crippen LogP contribution in [-0.4, -0.2) is 31.1 Å². The zero-order chi connectivity index (χ0) is 18.4. The van der Waals surface area contributed by atoms with Crippen LogP contribution in [0.3, 0.4) is 0 Å². The number of hydrogen-bond donors (Lipinski definition) is 0. The van der Waals surface area contributed by atoms with Crippen LogP contribution in [0.4, 0.5) is 8.78 Å². The summed E-state index contributed by atoms with van der Waals surface area (Å²) in [5, 5.41) is 0. The molecule has 134 valence electrons. The summed E-state index contributed by atoms with van der Waals surface area (Å²) < 4.78 is 34.1. The Morgan fingerprint density at radius 2 is 1.80 bits per heavy atom. The van der Waals surface area contributed by atoms with E-state index in [0.29, 0.717) is 12.3 Å². The molecule has 0 radical (unpaired) electrons. The van der Waals surface area contributed by atoms with E-state index in [1.54, 1.807) is 19.2 Å².